The minimum atomic E-state index is -0.232. The van der Waals surface area contributed by atoms with Gasteiger partial charge in [0, 0.05) is 53.7 Å². The van der Waals surface area contributed by atoms with E-state index in [9.17, 15) is 5.11 Å². The lowest BCUT2D eigenvalue weighted by Crippen LogP contribution is -2.49. The maximum absolute atomic E-state index is 9.83. The van der Waals surface area contributed by atoms with Crippen molar-refractivity contribution >= 4 is 27.5 Å². The van der Waals surface area contributed by atoms with Crippen LogP contribution in [0.1, 0.15) is 25.5 Å². The normalized spacial score (nSPS) is 19.1. The smallest absolute Gasteiger partial charge is 0.0500 e. The third-order valence-electron chi connectivity index (χ3n) is 3.92. The van der Waals surface area contributed by atoms with Crippen LogP contribution in [0, 0.1) is 5.41 Å². The highest BCUT2D eigenvalue weighted by molar-refractivity contribution is 9.10. The largest absolute Gasteiger partial charge is 0.396 e. The molecule has 0 aliphatic carbocycles. The number of hydrogen-bond acceptors (Lipinski definition) is 3. The number of hydrogen-bond donors (Lipinski definition) is 2. The van der Waals surface area contributed by atoms with Crippen LogP contribution >= 0.6 is 27.5 Å². The first kappa shape index (κ1) is 16.2. The van der Waals surface area contributed by atoms with Gasteiger partial charge in [-0.1, -0.05) is 41.4 Å². The van der Waals surface area contributed by atoms with Gasteiger partial charge in [0.2, 0.25) is 0 Å². The molecule has 0 radical (unpaired) electrons. The molecule has 20 heavy (non-hydrogen) atoms. The Hall–Kier alpha value is -0.130. The molecule has 1 fully saturated rings. The molecule has 0 aromatic heterocycles. The summed E-state index contributed by atoms with van der Waals surface area (Å²) in [5, 5.41) is 13.9. The third kappa shape index (κ3) is 3.55. The van der Waals surface area contributed by atoms with Crippen LogP contribution in [0.4, 0.5) is 0 Å². The van der Waals surface area contributed by atoms with Gasteiger partial charge in [-0.2, -0.15) is 0 Å². The Kier molecular flexibility index (Phi) is 5.49. The standard InChI is InChI=1S/C15H22BrClN2O/c1-15(2,10-20)14(19-7-5-18-6-8-19)12-9-11(17)3-4-13(12)16/h3-4,9,14,18,20H,5-8,10H2,1-2H3/t14-/m0/s1. The summed E-state index contributed by atoms with van der Waals surface area (Å²) in [6.45, 7) is 8.27. The van der Waals surface area contributed by atoms with E-state index >= 15 is 0 Å². The number of aliphatic hydroxyl groups is 1. The molecule has 5 heteroatoms. The van der Waals surface area contributed by atoms with E-state index < -0.39 is 0 Å². The summed E-state index contributed by atoms with van der Waals surface area (Å²) in [5.74, 6) is 0. The van der Waals surface area contributed by atoms with Gasteiger partial charge in [-0.3, -0.25) is 4.90 Å². The average molecular weight is 362 g/mol. The first-order chi connectivity index (χ1) is 9.45. The van der Waals surface area contributed by atoms with E-state index in [1.165, 1.54) is 0 Å². The van der Waals surface area contributed by atoms with Crippen molar-refractivity contribution in [2.45, 2.75) is 19.9 Å². The number of piperazine rings is 1. The van der Waals surface area contributed by atoms with Gasteiger partial charge in [0.15, 0.2) is 0 Å². The quantitative estimate of drug-likeness (QED) is 0.865. The van der Waals surface area contributed by atoms with E-state index in [1.54, 1.807) is 0 Å². The summed E-state index contributed by atoms with van der Waals surface area (Å²) in [7, 11) is 0. The van der Waals surface area contributed by atoms with Crippen molar-refractivity contribution < 1.29 is 5.11 Å². The number of aliphatic hydroxyl groups excluding tert-OH is 1. The zero-order valence-electron chi connectivity index (χ0n) is 12.0. The fourth-order valence-corrected chi connectivity index (χ4v) is 3.51. The molecule has 112 valence electrons. The molecule has 0 saturated carbocycles. The van der Waals surface area contributed by atoms with Crippen molar-refractivity contribution in [2.24, 2.45) is 5.41 Å². The van der Waals surface area contributed by atoms with Gasteiger partial charge in [0.05, 0.1) is 0 Å². The molecule has 2 rings (SSSR count). The molecular formula is C15H22BrClN2O. The van der Waals surface area contributed by atoms with Crippen molar-refractivity contribution in [1.29, 1.82) is 0 Å². The molecule has 1 aliphatic heterocycles. The number of nitrogens with one attached hydrogen (secondary N) is 1. The molecule has 3 nitrogen and oxygen atoms in total. The van der Waals surface area contributed by atoms with Crippen LogP contribution in [0.15, 0.2) is 22.7 Å². The van der Waals surface area contributed by atoms with Crippen LogP contribution in [0.5, 0.6) is 0 Å². The molecule has 0 bridgehead atoms. The molecule has 1 heterocycles. The van der Waals surface area contributed by atoms with Crippen molar-refractivity contribution in [3.05, 3.63) is 33.3 Å². The van der Waals surface area contributed by atoms with E-state index in [2.05, 4.69) is 40.0 Å². The summed E-state index contributed by atoms with van der Waals surface area (Å²) >= 11 is 9.82. The Bertz CT molecular complexity index is 461. The lowest BCUT2D eigenvalue weighted by Gasteiger charge is -2.44. The summed E-state index contributed by atoms with van der Waals surface area (Å²) in [4.78, 5) is 2.43. The molecule has 1 aliphatic rings. The molecule has 0 unspecified atom stereocenters. The van der Waals surface area contributed by atoms with E-state index in [4.69, 9.17) is 11.6 Å². The van der Waals surface area contributed by atoms with Crippen molar-refractivity contribution in [3.8, 4) is 0 Å². The molecule has 2 N–H and O–H groups in total. The van der Waals surface area contributed by atoms with E-state index in [0.29, 0.717) is 0 Å². The highest BCUT2D eigenvalue weighted by Gasteiger charge is 2.36. The SMILES string of the molecule is CC(C)(CO)[C@H](c1cc(Cl)ccc1Br)N1CCNCC1. The Morgan fingerprint density at radius 3 is 2.65 bits per heavy atom. The highest BCUT2D eigenvalue weighted by Crippen LogP contribution is 2.42. The van der Waals surface area contributed by atoms with Crippen LogP contribution in [0.2, 0.25) is 5.02 Å². The number of benzene rings is 1. The zero-order valence-corrected chi connectivity index (χ0v) is 14.3. The Morgan fingerprint density at radius 1 is 1.40 bits per heavy atom. The summed E-state index contributed by atoms with van der Waals surface area (Å²) in [5.41, 5.74) is 0.920. The maximum Gasteiger partial charge on any atom is 0.0500 e. The van der Waals surface area contributed by atoms with E-state index in [1.807, 2.05) is 18.2 Å². The Morgan fingerprint density at radius 2 is 2.05 bits per heavy atom. The molecule has 0 amide bonds. The molecular weight excluding hydrogens is 340 g/mol. The second-order valence-electron chi connectivity index (χ2n) is 6.00. The molecule has 1 aromatic rings. The van der Waals surface area contributed by atoms with Gasteiger partial charge in [0.25, 0.3) is 0 Å². The van der Waals surface area contributed by atoms with Gasteiger partial charge in [-0.15, -0.1) is 0 Å². The molecule has 1 aromatic carbocycles. The van der Waals surface area contributed by atoms with Gasteiger partial charge in [-0.05, 0) is 23.8 Å². The van der Waals surface area contributed by atoms with Gasteiger partial charge in [-0.25, -0.2) is 0 Å². The van der Waals surface area contributed by atoms with Crippen molar-refractivity contribution in [1.82, 2.24) is 10.2 Å². The fourth-order valence-electron chi connectivity index (χ4n) is 2.86. The number of halogens is 2. The lowest BCUT2D eigenvalue weighted by molar-refractivity contribution is 0.0301. The van der Waals surface area contributed by atoms with Crippen LogP contribution in [-0.2, 0) is 0 Å². The second kappa shape index (κ2) is 6.75. The predicted octanol–water partition coefficient (Wildman–Crippen LogP) is 3.07. The van der Waals surface area contributed by atoms with Gasteiger partial charge >= 0.3 is 0 Å². The number of rotatable bonds is 4. The molecule has 1 atom stereocenters. The van der Waals surface area contributed by atoms with Gasteiger partial charge < -0.3 is 10.4 Å². The minimum absolute atomic E-state index is 0.139. The Labute approximate surface area is 134 Å². The van der Waals surface area contributed by atoms with Gasteiger partial charge in [0.1, 0.15) is 0 Å². The van der Waals surface area contributed by atoms with E-state index in [-0.39, 0.29) is 18.1 Å². The highest BCUT2D eigenvalue weighted by atomic mass is 79.9. The first-order valence-corrected chi connectivity index (χ1v) is 8.13. The summed E-state index contributed by atoms with van der Waals surface area (Å²) in [6, 6.07) is 6.02. The van der Waals surface area contributed by atoms with Crippen LogP contribution < -0.4 is 5.32 Å². The maximum atomic E-state index is 9.83. The van der Waals surface area contributed by atoms with Crippen LogP contribution in [0.3, 0.4) is 0 Å². The van der Waals surface area contributed by atoms with Crippen molar-refractivity contribution in [3.63, 3.8) is 0 Å². The molecule has 1 saturated heterocycles. The monoisotopic (exact) mass is 360 g/mol. The summed E-state index contributed by atoms with van der Waals surface area (Å²) in [6.07, 6.45) is 0. The van der Waals surface area contributed by atoms with E-state index in [0.717, 1.165) is 41.2 Å². The topological polar surface area (TPSA) is 35.5 Å². The predicted molar refractivity (Wildman–Crippen MR) is 87.2 cm³/mol. The summed E-state index contributed by atoms with van der Waals surface area (Å²) < 4.78 is 1.05. The first-order valence-electron chi connectivity index (χ1n) is 6.96. The Balaban J connectivity index is 2.42. The minimum Gasteiger partial charge on any atom is -0.396 e. The zero-order chi connectivity index (χ0) is 14.8. The van der Waals surface area contributed by atoms with Crippen LogP contribution in [-0.4, -0.2) is 42.8 Å². The fraction of sp³-hybridized carbons (Fsp3) is 0.600. The van der Waals surface area contributed by atoms with Crippen LogP contribution in [0.25, 0.3) is 0 Å². The number of nitrogens with zero attached hydrogens (tertiary/aromatic N) is 1. The van der Waals surface area contributed by atoms with Crippen molar-refractivity contribution in [2.75, 3.05) is 32.8 Å². The molecule has 0 spiro atoms. The third-order valence-corrected chi connectivity index (χ3v) is 4.87. The lowest BCUT2D eigenvalue weighted by atomic mass is 9.79. The second-order valence-corrected chi connectivity index (χ2v) is 7.29. The average Bonchev–Trinajstić information content (AvgIpc) is 2.44.